The summed E-state index contributed by atoms with van der Waals surface area (Å²) in [7, 11) is 0. The highest BCUT2D eigenvalue weighted by Crippen LogP contribution is 2.32. The van der Waals surface area contributed by atoms with Crippen LogP contribution in [0.3, 0.4) is 0 Å². The summed E-state index contributed by atoms with van der Waals surface area (Å²) in [4.78, 5) is 0. The van der Waals surface area contributed by atoms with Crippen LogP contribution >= 0.6 is 0 Å². The van der Waals surface area contributed by atoms with Gasteiger partial charge in [0.25, 0.3) is 0 Å². The first kappa shape index (κ1) is 18.5. The van der Waals surface area contributed by atoms with E-state index >= 15 is 0 Å². The third-order valence-electron chi connectivity index (χ3n) is 5.83. The van der Waals surface area contributed by atoms with Crippen LogP contribution < -0.4 is 5.32 Å². The van der Waals surface area contributed by atoms with E-state index in [9.17, 15) is 0 Å². The number of anilines is 2. The average Bonchev–Trinajstić information content (AvgIpc) is 3.23. The summed E-state index contributed by atoms with van der Waals surface area (Å²) in [6, 6.07) is 42.1. The van der Waals surface area contributed by atoms with Crippen LogP contribution in [0.2, 0.25) is 0 Å². The van der Waals surface area contributed by atoms with Gasteiger partial charge in [-0.25, -0.2) is 0 Å². The highest BCUT2D eigenvalue weighted by atomic mass is 16.3. The Morgan fingerprint density at radius 3 is 1.91 bits per heavy atom. The molecule has 32 heavy (non-hydrogen) atoms. The smallest absolute Gasteiger partial charge is 0.137 e. The number of para-hydroxylation sites is 1. The molecule has 0 fully saturated rings. The zero-order valence-corrected chi connectivity index (χ0v) is 17.5. The van der Waals surface area contributed by atoms with Gasteiger partial charge in [0.1, 0.15) is 11.2 Å². The summed E-state index contributed by atoms with van der Waals surface area (Å²) >= 11 is 0. The number of rotatable bonds is 4. The highest BCUT2D eigenvalue weighted by molar-refractivity contribution is 6.05. The van der Waals surface area contributed by atoms with Crippen molar-refractivity contribution in [2.45, 2.75) is 0 Å². The summed E-state index contributed by atoms with van der Waals surface area (Å²) in [5.74, 6) is 0. The maximum Gasteiger partial charge on any atom is 0.137 e. The summed E-state index contributed by atoms with van der Waals surface area (Å²) in [6.07, 6.45) is 0. The molecule has 5 aromatic carbocycles. The largest absolute Gasteiger partial charge is 0.456 e. The molecule has 152 valence electrons. The van der Waals surface area contributed by atoms with Crippen molar-refractivity contribution in [3.05, 3.63) is 121 Å². The SMILES string of the molecule is c1ccc(-c2cccc(-c3cccc(Nc4ccc5c(c4)oc4ccccc45)c3)c2)cc1. The Bertz CT molecular complexity index is 1550. The van der Waals surface area contributed by atoms with E-state index in [-0.39, 0.29) is 0 Å². The van der Waals surface area contributed by atoms with E-state index in [0.29, 0.717) is 0 Å². The van der Waals surface area contributed by atoms with Crippen molar-refractivity contribution >= 4 is 33.3 Å². The lowest BCUT2D eigenvalue weighted by Crippen LogP contribution is -1.90. The van der Waals surface area contributed by atoms with Gasteiger partial charge in [-0.15, -0.1) is 0 Å². The molecule has 0 radical (unpaired) electrons. The van der Waals surface area contributed by atoms with Gasteiger partial charge in [0, 0.05) is 28.2 Å². The molecule has 6 aromatic rings. The van der Waals surface area contributed by atoms with Gasteiger partial charge in [-0.2, -0.15) is 0 Å². The van der Waals surface area contributed by atoms with E-state index in [2.05, 4.69) is 102 Å². The van der Waals surface area contributed by atoms with Crippen molar-refractivity contribution in [2.24, 2.45) is 0 Å². The molecule has 0 unspecified atom stereocenters. The van der Waals surface area contributed by atoms with Crippen LogP contribution in [-0.4, -0.2) is 0 Å². The maximum atomic E-state index is 6.04. The minimum atomic E-state index is 0.892. The molecule has 0 amide bonds. The van der Waals surface area contributed by atoms with E-state index < -0.39 is 0 Å². The van der Waals surface area contributed by atoms with Gasteiger partial charge in [0.2, 0.25) is 0 Å². The molecular weight excluding hydrogens is 390 g/mol. The molecule has 0 bridgehead atoms. The molecular formula is C30H21NO. The zero-order chi connectivity index (χ0) is 21.3. The third kappa shape index (κ3) is 3.42. The molecule has 0 aliphatic heterocycles. The van der Waals surface area contributed by atoms with Crippen molar-refractivity contribution in [1.82, 2.24) is 0 Å². The minimum absolute atomic E-state index is 0.892. The minimum Gasteiger partial charge on any atom is -0.456 e. The van der Waals surface area contributed by atoms with Crippen LogP contribution in [0.4, 0.5) is 11.4 Å². The first-order chi connectivity index (χ1) is 15.8. The van der Waals surface area contributed by atoms with Gasteiger partial charge in [0.15, 0.2) is 0 Å². The zero-order valence-electron chi connectivity index (χ0n) is 17.5. The van der Waals surface area contributed by atoms with E-state index in [1.54, 1.807) is 0 Å². The predicted octanol–water partition coefficient (Wildman–Crippen LogP) is 8.66. The molecule has 0 aliphatic carbocycles. The first-order valence-electron chi connectivity index (χ1n) is 10.8. The van der Waals surface area contributed by atoms with Crippen LogP contribution in [0.15, 0.2) is 126 Å². The Morgan fingerprint density at radius 1 is 0.406 bits per heavy atom. The molecule has 6 rings (SSSR count). The Kier molecular flexibility index (Phi) is 4.47. The lowest BCUT2D eigenvalue weighted by atomic mass is 9.99. The van der Waals surface area contributed by atoms with Crippen molar-refractivity contribution in [2.75, 3.05) is 5.32 Å². The Morgan fingerprint density at radius 2 is 1.03 bits per heavy atom. The molecule has 1 aromatic heterocycles. The maximum absolute atomic E-state index is 6.04. The Labute approximate surface area is 186 Å². The molecule has 2 heteroatoms. The summed E-state index contributed by atoms with van der Waals surface area (Å²) in [6.45, 7) is 0. The summed E-state index contributed by atoms with van der Waals surface area (Å²) < 4.78 is 6.04. The molecule has 1 N–H and O–H groups in total. The molecule has 0 aliphatic rings. The van der Waals surface area contributed by atoms with Crippen molar-refractivity contribution in [3.8, 4) is 22.3 Å². The van der Waals surface area contributed by atoms with Crippen molar-refractivity contribution in [1.29, 1.82) is 0 Å². The van der Waals surface area contributed by atoms with Crippen LogP contribution in [0.5, 0.6) is 0 Å². The molecule has 2 nitrogen and oxygen atoms in total. The van der Waals surface area contributed by atoms with E-state index in [0.717, 1.165) is 33.3 Å². The van der Waals surface area contributed by atoms with Gasteiger partial charge in [-0.3, -0.25) is 0 Å². The lowest BCUT2D eigenvalue weighted by molar-refractivity contribution is 0.669. The second-order valence-corrected chi connectivity index (χ2v) is 7.96. The van der Waals surface area contributed by atoms with Gasteiger partial charge < -0.3 is 9.73 Å². The standard InChI is InChI=1S/C30H21NO/c1-2-8-21(9-3-1)22-10-6-11-23(18-22)24-12-7-13-25(19-24)31-26-16-17-28-27-14-4-5-15-29(27)32-30(28)20-26/h1-20,31H. The van der Waals surface area contributed by atoms with Crippen LogP contribution in [0, 0.1) is 0 Å². The number of fused-ring (bicyclic) bond motifs is 3. The molecule has 0 atom stereocenters. The summed E-state index contributed by atoms with van der Waals surface area (Å²) in [5, 5.41) is 5.82. The topological polar surface area (TPSA) is 25.2 Å². The molecule has 0 spiro atoms. The number of furan rings is 1. The van der Waals surface area contributed by atoms with Crippen molar-refractivity contribution in [3.63, 3.8) is 0 Å². The van der Waals surface area contributed by atoms with E-state index in [4.69, 9.17) is 4.42 Å². The van der Waals surface area contributed by atoms with Crippen molar-refractivity contribution < 1.29 is 4.42 Å². The summed E-state index contributed by atoms with van der Waals surface area (Å²) in [5.41, 5.74) is 8.68. The molecule has 1 heterocycles. The van der Waals surface area contributed by atoms with Gasteiger partial charge in [-0.1, -0.05) is 78.9 Å². The lowest BCUT2D eigenvalue weighted by Gasteiger charge is -2.10. The second-order valence-electron chi connectivity index (χ2n) is 7.96. The molecule has 0 saturated heterocycles. The van der Waals surface area contributed by atoms with Gasteiger partial charge in [0.05, 0.1) is 0 Å². The number of benzene rings is 5. The van der Waals surface area contributed by atoms with Gasteiger partial charge in [-0.05, 0) is 58.7 Å². The number of hydrogen-bond acceptors (Lipinski definition) is 2. The second kappa shape index (κ2) is 7.75. The Hall–Kier alpha value is -4.30. The third-order valence-corrected chi connectivity index (χ3v) is 5.83. The first-order valence-corrected chi connectivity index (χ1v) is 10.8. The fourth-order valence-electron chi connectivity index (χ4n) is 4.26. The quantitative estimate of drug-likeness (QED) is 0.314. The van der Waals surface area contributed by atoms with Crippen LogP contribution in [0.25, 0.3) is 44.2 Å². The van der Waals surface area contributed by atoms with E-state index in [1.807, 2.05) is 24.3 Å². The van der Waals surface area contributed by atoms with Gasteiger partial charge >= 0.3 is 0 Å². The number of hydrogen-bond donors (Lipinski definition) is 1. The Balaban J connectivity index is 1.32. The normalized spacial score (nSPS) is 11.1. The number of nitrogens with one attached hydrogen (secondary N) is 1. The predicted molar refractivity (Wildman–Crippen MR) is 134 cm³/mol. The average molecular weight is 412 g/mol. The van der Waals surface area contributed by atoms with E-state index in [1.165, 1.54) is 22.3 Å². The van der Waals surface area contributed by atoms with Crippen LogP contribution in [0.1, 0.15) is 0 Å². The highest BCUT2D eigenvalue weighted by Gasteiger charge is 2.08. The molecule has 0 saturated carbocycles. The fourth-order valence-corrected chi connectivity index (χ4v) is 4.26. The van der Waals surface area contributed by atoms with Crippen LogP contribution in [-0.2, 0) is 0 Å². The fraction of sp³-hybridized carbons (Fsp3) is 0. The monoisotopic (exact) mass is 411 g/mol.